The van der Waals surface area contributed by atoms with Crippen molar-refractivity contribution < 1.29 is 9.18 Å². The first-order chi connectivity index (χ1) is 7.18. The van der Waals surface area contributed by atoms with Crippen molar-refractivity contribution in [3.63, 3.8) is 0 Å². The maximum absolute atomic E-state index is 13.4. The van der Waals surface area contributed by atoms with Crippen LogP contribution in [0, 0.1) is 9.39 Å². The SMILES string of the molecule is O=CC1(c2ccc(I)c(F)c2)CCCC1. The Balaban J connectivity index is 2.43. The van der Waals surface area contributed by atoms with E-state index in [9.17, 15) is 9.18 Å². The van der Waals surface area contributed by atoms with Crippen molar-refractivity contribution in [1.29, 1.82) is 0 Å². The monoisotopic (exact) mass is 318 g/mol. The van der Waals surface area contributed by atoms with E-state index < -0.39 is 5.41 Å². The summed E-state index contributed by atoms with van der Waals surface area (Å²) in [6.45, 7) is 0. The highest BCUT2D eigenvalue weighted by atomic mass is 127. The molecule has 1 aromatic rings. The van der Waals surface area contributed by atoms with Gasteiger partial charge < -0.3 is 4.79 Å². The zero-order valence-corrected chi connectivity index (χ0v) is 10.5. The lowest BCUT2D eigenvalue weighted by Crippen LogP contribution is -2.23. The van der Waals surface area contributed by atoms with Crippen LogP contribution >= 0.6 is 22.6 Å². The second-order valence-corrected chi connectivity index (χ2v) is 5.27. The molecule has 0 spiro atoms. The van der Waals surface area contributed by atoms with Gasteiger partial charge in [-0.2, -0.15) is 0 Å². The number of halogens is 2. The van der Waals surface area contributed by atoms with Gasteiger partial charge in [-0.15, -0.1) is 0 Å². The van der Waals surface area contributed by atoms with Crippen molar-refractivity contribution >= 4 is 28.9 Å². The van der Waals surface area contributed by atoms with Gasteiger partial charge in [-0.25, -0.2) is 4.39 Å². The molecule has 0 N–H and O–H groups in total. The van der Waals surface area contributed by atoms with E-state index in [0.717, 1.165) is 37.5 Å². The lowest BCUT2D eigenvalue weighted by molar-refractivity contribution is -0.112. The standard InChI is InChI=1S/C12H12FIO/c13-10-7-9(3-4-11(10)14)12(8-15)5-1-2-6-12/h3-4,7-8H,1-2,5-6H2. The minimum Gasteiger partial charge on any atom is -0.302 e. The number of carbonyl (C=O) groups excluding carboxylic acids is 1. The summed E-state index contributed by atoms with van der Waals surface area (Å²) in [5, 5.41) is 0. The first-order valence-electron chi connectivity index (χ1n) is 5.10. The van der Waals surface area contributed by atoms with Crippen LogP contribution in [-0.2, 0) is 10.2 Å². The Hall–Kier alpha value is -0.450. The molecule has 0 amide bonds. The van der Waals surface area contributed by atoms with Crippen LogP contribution < -0.4 is 0 Å². The highest BCUT2D eigenvalue weighted by molar-refractivity contribution is 14.1. The molecule has 0 unspecified atom stereocenters. The van der Waals surface area contributed by atoms with Gasteiger partial charge in [0.15, 0.2) is 0 Å². The summed E-state index contributed by atoms with van der Waals surface area (Å²) in [7, 11) is 0. The van der Waals surface area contributed by atoms with Crippen molar-refractivity contribution in [3.8, 4) is 0 Å². The Bertz CT molecular complexity index is 383. The summed E-state index contributed by atoms with van der Waals surface area (Å²) < 4.78 is 14.0. The van der Waals surface area contributed by atoms with Crippen LogP contribution in [0.2, 0.25) is 0 Å². The largest absolute Gasteiger partial charge is 0.302 e. The van der Waals surface area contributed by atoms with E-state index in [1.807, 2.05) is 28.7 Å². The maximum Gasteiger partial charge on any atom is 0.136 e. The van der Waals surface area contributed by atoms with Crippen LogP contribution in [0.15, 0.2) is 18.2 Å². The lowest BCUT2D eigenvalue weighted by atomic mass is 9.80. The van der Waals surface area contributed by atoms with Crippen molar-refractivity contribution in [1.82, 2.24) is 0 Å². The molecule has 0 bridgehead atoms. The molecule has 0 heterocycles. The Morgan fingerprint density at radius 2 is 2.00 bits per heavy atom. The average molecular weight is 318 g/mol. The summed E-state index contributed by atoms with van der Waals surface area (Å²) in [4.78, 5) is 11.2. The molecule has 0 aromatic heterocycles. The van der Waals surface area contributed by atoms with E-state index in [2.05, 4.69) is 0 Å². The first kappa shape index (κ1) is 11.0. The van der Waals surface area contributed by atoms with Crippen molar-refractivity contribution in [2.75, 3.05) is 0 Å². The molecular formula is C12H12FIO. The average Bonchev–Trinajstić information content (AvgIpc) is 2.72. The Labute approximate surface area is 102 Å². The van der Waals surface area contributed by atoms with Crippen molar-refractivity contribution in [2.45, 2.75) is 31.1 Å². The van der Waals surface area contributed by atoms with E-state index in [0.29, 0.717) is 3.57 Å². The smallest absolute Gasteiger partial charge is 0.136 e. The molecule has 3 heteroatoms. The van der Waals surface area contributed by atoms with Gasteiger partial charge in [0.1, 0.15) is 12.1 Å². The van der Waals surface area contributed by atoms with Crippen LogP contribution in [0.3, 0.4) is 0 Å². The predicted molar refractivity (Wildman–Crippen MR) is 65.3 cm³/mol. The van der Waals surface area contributed by atoms with Crippen LogP contribution in [0.4, 0.5) is 4.39 Å². The number of carbonyl (C=O) groups is 1. The number of hydrogen-bond acceptors (Lipinski definition) is 1. The molecule has 15 heavy (non-hydrogen) atoms. The molecule has 2 rings (SSSR count). The fourth-order valence-electron chi connectivity index (χ4n) is 2.29. The van der Waals surface area contributed by atoms with Gasteiger partial charge in [-0.1, -0.05) is 18.9 Å². The fourth-order valence-corrected chi connectivity index (χ4v) is 2.62. The van der Waals surface area contributed by atoms with Gasteiger partial charge in [0.2, 0.25) is 0 Å². The molecular weight excluding hydrogens is 306 g/mol. The van der Waals surface area contributed by atoms with Gasteiger partial charge in [-0.05, 0) is 53.1 Å². The molecule has 1 aliphatic rings. The Kier molecular flexibility index (Phi) is 3.09. The van der Waals surface area contributed by atoms with Crippen LogP contribution in [0.5, 0.6) is 0 Å². The second-order valence-electron chi connectivity index (χ2n) is 4.11. The molecule has 1 fully saturated rings. The third-order valence-electron chi connectivity index (χ3n) is 3.22. The summed E-state index contributed by atoms with van der Waals surface area (Å²) in [6.07, 6.45) is 4.84. The normalized spacial score (nSPS) is 19.1. The van der Waals surface area contributed by atoms with E-state index in [-0.39, 0.29) is 5.82 Å². The first-order valence-corrected chi connectivity index (χ1v) is 6.18. The minimum atomic E-state index is -0.412. The molecule has 1 saturated carbocycles. The van der Waals surface area contributed by atoms with Crippen LogP contribution in [0.1, 0.15) is 31.2 Å². The minimum absolute atomic E-state index is 0.221. The predicted octanol–water partition coefficient (Wildman–Crippen LogP) is 3.44. The van der Waals surface area contributed by atoms with Crippen molar-refractivity contribution in [3.05, 3.63) is 33.1 Å². The maximum atomic E-state index is 13.4. The van der Waals surface area contributed by atoms with E-state index in [4.69, 9.17) is 0 Å². The molecule has 1 aromatic carbocycles. The zero-order chi connectivity index (χ0) is 10.9. The lowest BCUT2D eigenvalue weighted by Gasteiger charge is -2.22. The third-order valence-corrected chi connectivity index (χ3v) is 4.09. The van der Waals surface area contributed by atoms with Gasteiger partial charge in [-0.3, -0.25) is 0 Å². The highest BCUT2D eigenvalue weighted by Crippen LogP contribution is 2.39. The Morgan fingerprint density at radius 3 is 2.53 bits per heavy atom. The number of aldehydes is 1. The molecule has 0 radical (unpaired) electrons. The van der Waals surface area contributed by atoms with E-state index in [1.165, 1.54) is 6.07 Å². The van der Waals surface area contributed by atoms with E-state index in [1.54, 1.807) is 6.07 Å². The van der Waals surface area contributed by atoms with Crippen LogP contribution in [-0.4, -0.2) is 6.29 Å². The number of hydrogen-bond donors (Lipinski definition) is 0. The van der Waals surface area contributed by atoms with Gasteiger partial charge in [0.05, 0.1) is 5.41 Å². The topological polar surface area (TPSA) is 17.1 Å². The summed E-state index contributed by atoms with van der Waals surface area (Å²) in [6, 6.07) is 5.14. The molecule has 0 saturated heterocycles. The van der Waals surface area contributed by atoms with Crippen LogP contribution in [0.25, 0.3) is 0 Å². The molecule has 1 nitrogen and oxygen atoms in total. The summed E-state index contributed by atoms with van der Waals surface area (Å²) in [5.74, 6) is -0.221. The number of benzene rings is 1. The number of rotatable bonds is 2. The Morgan fingerprint density at radius 1 is 1.33 bits per heavy atom. The van der Waals surface area contributed by atoms with Gasteiger partial charge >= 0.3 is 0 Å². The summed E-state index contributed by atoms with van der Waals surface area (Å²) in [5.41, 5.74) is 0.429. The highest BCUT2D eigenvalue weighted by Gasteiger charge is 2.35. The third kappa shape index (κ3) is 1.94. The summed E-state index contributed by atoms with van der Waals surface area (Å²) >= 11 is 1.96. The van der Waals surface area contributed by atoms with E-state index >= 15 is 0 Å². The fraction of sp³-hybridized carbons (Fsp3) is 0.417. The quantitative estimate of drug-likeness (QED) is 0.603. The second kappa shape index (κ2) is 4.20. The zero-order valence-electron chi connectivity index (χ0n) is 8.30. The van der Waals surface area contributed by atoms with Gasteiger partial charge in [0.25, 0.3) is 0 Å². The molecule has 1 aliphatic carbocycles. The molecule has 80 valence electrons. The molecule has 0 aliphatic heterocycles. The van der Waals surface area contributed by atoms with Crippen molar-refractivity contribution in [2.24, 2.45) is 0 Å². The van der Waals surface area contributed by atoms with Gasteiger partial charge in [0, 0.05) is 3.57 Å². The molecule has 0 atom stereocenters.